The van der Waals surface area contributed by atoms with Gasteiger partial charge in [-0.3, -0.25) is 0 Å². The van der Waals surface area contributed by atoms with E-state index in [9.17, 15) is 10.2 Å². The summed E-state index contributed by atoms with van der Waals surface area (Å²) in [5.74, 6) is 0.659. The van der Waals surface area contributed by atoms with E-state index in [0.29, 0.717) is 12.3 Å². The molecule has 0 heterocycles. The highest BCUT2D eigenvalue weighted by atomic mass is 35.5. The molecule has 3 heteroatoms. The van der Waals surface area contributed by atoms with Crippen LogP contribution in [0.5, 0.6) is 0 Å². The molecule has 0 aliphatic carbocycles. The predicted molar refractivity (Wildman–Crippen MR) is 70.0 cm³/mol. The number of aliphatic hydroxyl groups excluding tert-OH is 2. The van der Waals surface area contributed by atoms with Crippen molar-refractivity contribution in [2.75, 3.05) is 5.88 Å². The van der Waals surface area contributed by atoms with Crippen molar-refractivity contribution >= 4 is 11.6 Å². The first-order valence-electron chi connectivity index (χ1n) is 6.62. The van der Waals surface area contributed by atoms with Gasteiger partial charge in [0.25, 0.3) is 0 Å². The van der Waals surface area contributed by atoms with Crippen LogP contribution in [0.15, 0.2) is 0 Å². The number of rotatable bonds is 11. The summed E-state index contributed by atoms with van der Waals surface area (Å²) >= 11 is 5.56. The standard InChI is InChI=1S/C13H27ClO2/c1-2-3-4-5-8-12(15)11-13(16)9-6-7-10-14/h12-13,15-16H,2-11H2,1H3/t12-,13-/m0/s1. The van der Waals surface area contributed by atoms with Crippen molar-refractivity contribution in [3.63, 3.8) is 0 Å². The molecule has 2 N–H and O–H groups in total. The minimum Gasteiger partial charge on any atom is -0.393 e. The number of halogens is 1. The first-order chi connectivity index (χ1) is 7.70. The molecule has 0 bridgehead atoms. The molecule has 0 radical (unpaired) electrons. The van der Waals surface area contributed by atoms with Gasteiger partial charge in [0.15, 0.2) is 0 Å². The molecule has 2 atom stereocenters. The van der Waals surface area contributed by atoms with Crippen LogP contribution in [0.1, 0.15) is 64.7 Å². The number of alkyl halides is 1. The van der Waals surface area contributed by atoms with Gasteiger partial charge in [-0.05, 0) is 32.1 Å². The Morgan fingerprint density at radius 3 is 1.94 bits per heavy atom. The first-order valence-corrected chi connectivity index (χ1v) is 7.16. The number of hydrogen-bond acceptors (Lipinski definition) is 2. The molecule has 98 valence electrons. The highest BCUT2D eigenvalue weighted by Crippen LogP contribution is 2.13. The minimum absolute atomic E-state index is 0.331. The van der Waals surface area contributed by atoms with Crippen molar-refractivity contribution in [1.82, 2.24) is 0 Å². The van der Waals surface area contributed by atoms with Crippen molar-refractivity contribution in [3.05, 3.63) is 0 Å². The summed E-state index contributed by atoms with van der Waals surface area (Å²) in [6, 6.07) is 0. The third-order valence-electron chi connectivity index (χ3n) is 2.86. The van der Waals surface area contributed by atoms with Crippen LogP contribution in [0.25, 0.3) is 0 Å². The molecular weight excluding hydrogens is 224 g/mol. The van der Waals surface area contributed by atoms with Gasteiger partial charge in [0.1, 0.15) is 0 Å². The van der Waals surface area contributed by atoms with Crippen LogP contribution in [0.4, 0.5) is 0 Å². The van der Waals surface area contributed by atoms with Crippen molar-refractivity contribution in [1.29, 1.82) is 0 Å². The normalized spacial score (nSPS) is 15.0. The Bertz CT molecular complexity index is 142. The summed E-state index contributed by atoms with van der Waals surface area (Å²) in [6.45, 7) is 2.18. The molecular formula is C13H27ClO2. The Labute approximate surface area is 105 Å². The molecule has 0 aliphatic rings. The van der Waals surface area contributed by atoms with Crippen LogP contribution in [0.3, 0.4) is 0 Å². The average Bonchev–Trinajstić information content (AvgIpc) is 2.25. The van der Waals surface area contributed by atoms with E-state index in [1.165, 1.54) is 19.3 Å². The summed E-state index contributed by atoms with van der Waals surface area (Å²) in [5.41, 5.74) is 0. The van der Waals surface area contributed by atoms with E-state index in [-0.39, 0.29) is 12.2 Å². The molecule has 0 aromatic heterocycles. The van der Waals surface area contributed by atoms with Gasteiger partial charge in [-0.2, -0.15) is 0 Å². The molecule has 16 heavy (non-hydrogen) atoms. The zero-order chi connectivity index (χ0) is 12.2. The first kappa shape index (κ1) is 16.2. The van der Waals surface area contributed by atoms with Crippen LogP contribution < -0.4 is 0 Å². The zero-order valence-electron chi connectivity index (χ0n) is 10.5. The van der Waals surface area contributed by atoms with E-state index in [0.717, 1.165) is 32.1 Å². The lowest BCUT2D eigenvalue weighted by Crippen LogP contribution is -2.17. The Morgan fingerprint density at radius 2 is 1.44 bits per heavy atom. The Balaban J connectivity index is 3.35. The summed E-state index contributed by atoms with van der Waals surface area (Å²) in [4.78, 5) is 0. The molecule has 0 aromatic rings. The van der Waals surface area contributed by atoms with Gasteiger partial charge in [0.05, 0.1) is 12.2 Å². The maximum atomic E-state index is 9.69. The van der Waals surface area contributed by atoms with Gasteiger partial charge >= 0.3 is 0 Å². The van der Waals surface area contributed by atoms with E-state index in [2.05, 4.69) is 6.92 Å². The lowest BCUT2D eigenvalue weighted by atomic mass is 10.0. The van der Waals surface area contributed by atoms with Gasteiger partial charge in [0, 0.05) is 5.88 Å². The topological polar surface area (TPSA) is 40.5 Å². The molecule has 0 unspecified atom stereocenters. The van der Waals surface area contributed by atoms with E-state index in [1.807, 2.05) is 0 Å². The number of unbranched alkanes of at least 4 members (excludes halogenated alkanes) is 4. The Kier molecular flexibility index (Phi) is 11.8. The quantitative estimate of drug-likeness (QED) is 0.435. The maximum Gasteiger partial charge on any atom is 0.0564 e. The average molecular weight is 251 g/mol. The van der Waals surface area contributed by atoms with Crippen LogP contribution in [0, 0.1) is 0 Å². The van der Waals surface area contributed by atoms with Crippen molar-refractivity contribution < 1.29 is 10.2 Å². The summed E-state index contributed by atoms with van der Waals surface area (Å²) in [5, 5.41) is 19.3. The van der Waals surface area contributed by atoms with E-state index >= 15 is 0 Å². The SMILES string of the molecule is CCCCCC[C@H](O)C[C@@H](O)CCCCCl. The maximum absolute atomic E-state index is 9.69. The summed E-state index contributed by atoms with van der Waals surface area (Å²) in [6.07, 6.45) is 8.05. The molecule has 0 aliphatic heterocycles. The number of hydrogen-bond donors (Lipinski definition) is 2. The van der Waals surface area contributed by atoms with Crippen molar-refractivity contribution in [3.8, 4) is 0 Å². The minimum atomic E-state index is -0.357. The van der Waals surface area contributed by atoms with Crippen LogP contribution >= 0.6 is 11.6 Å². The van der Waals surface area contributed by atoms with Gasteiger partial charge in [-0.25, -0.2) is 0 Å². The van der Waals surface area contributed by atoms with Crippen molar-refractivity contribution in [2.24, 2.45) is 0 Å². The second-order valence-electron chi connectivity index (χ2n) is 4.58. The fraction of sp³-hybridized carbons (Fsp3) is 1.00. The third kappa shape index (κ3) is 10.7. The van der Waals surface area contributed by atoms with Gasteiger partial charge in [0.2, 0.25) is 0 Å². The second-order valence-corrected chi connectivity index (χ2v) is 4.96. The van der Waals surface area contributed by atoms with Crippen molar-refractivity contribution in [2.45, 2.75) is 76.9 Å². The summed E-state index contributed by atoms with van der Waals surface area (Å²) in [7, 11) is 0. The molecule has 0 amide bonds. The van der Waals surface area contributed by atoms with Gasteiger partial charge < -0.3 is 10.2 Å². The van der Waals surface area contributed by atoms with Crippen LogP contribution in [0.2, 0.25) is 0 Å². The lowest BCUT2D eigenvalue weighted by molar-refractivity contribution is 0.0684. The fourth-order valence-electron chi connectivity index (χ4n) is 1.83. The lowest BCUT2D eigenvalue weighted by Gasteiger charge is -2.15. The highest BCUT2D eigenvalue weighted by Gasteiger charge is 2.11. The second kappa shape index (κ2) is 11.7. The monoisotopic (exact) mass is 250 g/mol. The van der Waals surface area contributed by atoms with E-state index in [1.54, 1.807) is 0 Å². The fourth-order valence-corrected chi connectivity index (χ4v) is 2.02. The Hall–Kier alpha value is 0.210. The predicted octanol–water partition coefficient (Wildman–Crippen LogP) is 3.48. The zero-order valence-corrected chi connectivity index (χ0v) is 11.3. The number of aliphatic hydroxyl groups is 2. The molecule has 0 saturated heterocycles. The molecule has 0 saturated carbocycles. The molecule has 0 spiro atoms. The molecule has 0 rings (SSSR count). The highest BCUT2D eigenvalue weighted by molar-refractivity contribution is 6.17. The van der Waals surface area contributed by atoms with Crippen LogP contribution in [-0.2, 0) is 0 Å². The molecule has 0 fully saturated rings. The van der Waals surface area contributed by atoms with E-state index in [4.69, 9.17) is 11.6 Å². The van der Waals surface area contributed by atoms with E-state index < -0.39 is 0 Å². The molecule has 0 aromatic carbocycles. The van der Waals surface area contributed by atoms with Gasteiger partial charge in [-0.1, -0.05) is 32.6 Å². The Morgan fingerprint density at radius 1 is 0.875 bits per heavy atom. The smallest absolute Gasteiger partial charge is 0.0564 e. The molecule has 2 nitrogen and oxygen atoms in total. The largest absolute Gasteiger partial charge is 0.393 e. The summed E-state index contributed by atoms with van der Waals surface area (Å²) < 4.78 is 0. The van der Waals surface area contributed by atoms with Crippen LogP contribution in [-0.4, -0.2) is 28.3 Å². The van der Waals surface area contributed by atoms with Gasteiger partial charge in [-0.15, -0.1) is 11.6 Å². The third-order valence-corrected chi connectivity index (χ3v) is 3.12.